The molecule has 1 aromatic heterocycles. The Morgan fingerprint density at radius 1 is 1.53 bits per heavy atom. The predicted octanol–water partition coefficient (Wildman–Crippen LogP) is 0.611. The summed E-state index contributed by atoms with van der Waals surface area (Å²) in [5.74, 6) is 0. The van der Waals surface area contributed by atoms with Crippen LogP contribution in [0.2, 0.25) is 0 Å². The van der Waals surface area contributed by atoms with E-state index in [2.05, 4.69) is 10.4 Å². The van der Waals surface area contributed by atoms with E-state index in [4.69, 9.17) is 5.14 Å². The summed E-state index contributed by atoms with van der Waals surface area (Å²) >= 11 is 0. The number of nitrogens with two attached hydrogens (primary N) is 1. The molecule has 0 radical (unpaired) electrons. The quantitative estimate of drug-likeness (QED) is 0.733. The number of rotatable bonds is 6. The molecule has 1 rings (SSSR count). The third-order valence-corrected chi connectivity index (χ3v) is 3.31. The van der Waals surface area contributed by atoms with Crippen molar-refractivity contribution in [3.8, 4) is 0 Å². The van der Waals surface area contributed by atoms with Gasteiger partial charge in [0.25, 0.3) is 10.0 Å². The molecule has 0 unspecified atom stereocenters. The first-order valence-electron chi connectivity index (χ1n) is 5.67. The van der Waals surface area contributed by atoms with Gasteiger partial charge < -0.3 is 5.32 Å². The van der Waals surface area contributed by atoms with Crippen molar-refractivity contribution in [3.63, 3.8) is 0 Å². The molecule has 1 aromatic rings. The Hall–Kier alpha value is -0.920. The van der Waals surface area contributed by atoms with Gasteiger partial charge in [0.1, 0.15) is 0 Å². The molecule has 3 N–H and O–H groups in total. The molecule has 0 atom stereocenters. The topological polar surface area (TPSA) is 90.0 Å². The molecular weight excluding hydrogens is 240 g/mol. The van der Waals surface area contributed by atoms with Gasteiger partial charge in [0, 0.05) is 18.2 Å². The first-order valence-corrected chi connectivity index (χ1v) is 7.22. The minimum absolute atomic E-state index is 0.0387. The van der Waals surface area contributed by atoms with E-state index < -0.39 is 10.0 Å². The fourth-order valence-electron chi connectivity index (χ4n) is 1.59. The van der Waals surface area contributed by atoms with E-state index in [1.807, 2.05) is 20.8 Å². The van der Waals surface area contributed by atoms with Crippen LogP contribution in [-0.4, -0.2) is 24.7 Å². The van der Waals surface area contributed by atoms with Crippen LogP contribution in [0.5, 0.6) is 0 Å². The smallest absolute Gasteiger partial charge is 0.255 e. The summed E-state index contributed by atoms with van der Waals surface area (Å²) in [5.41, 5.74) is 0.620. The highest BCUT2D eigenvalue weighted by atomic mass is 32.2. The number of nitrogens with one attached hydrogen (secondary N) is 1. The molecule has 0 aromatic carbocycles. The number of sulfonamides is 1. The van der Waals surface area contributed by atoms with Crippen molar-refractivity contribution >= 4 is 10.0 Å². The van der Waals surface area contributed by atoms with E-state index in [9.17, 15) is 8.42 Å². The molecule has 0 spiro atoms. The third kappa shape index (κ3) is 3.52. The Morgan fingerprint density at radius 3 is 2.65 bits per heavy atom. The monoisotopic (exact) mass is 260 g/mol. The zero-order valence-electron chi connectivity index (χ0n) is 10.5. The lowest BCUT2D eigenvalue weighted by atomic mass is 10.3. The lowest BCUT2D eigenvalue weighted by Crippen LogP contribution is -2.22. The van der Waals surface area contributed by atoms with Gasteiger partial charge in [0.15, 0.2) is 5.03 Å². The van der Waals surface area contributed by atoms with Gasteiger partial charge in [-0.15, -0.1) is 0 Å². The van der Waals surface area contributed by atoms with Crippen LogP contribution in [-0.2, 0) is 16.6 Å². The van der Waals surface area contributed by atoms with Gasteiger partial charge in [-0.2, -0.15) is 5.10 Å². The zero-order chi connectivity index (χ0) is 13.1. The van der Waals surface area contributed by atoms with Crippen LogP contribution >= 0.6 is 0 Å². The maximum atomic E-state index is 11.6. The van der Waals surface area contributed by atoms with Crippen molar-refractivity contribution in [1.29, 1.82) is 0 Å². The molecule has 0 aliphatic carbocycles. The standard InChI is InChI=1S/C10H20N4O2S/c1-4-5-12-6-9-7-13-14(8(2)3)10(9)17(11,15)16/h7-8,12H,4-6H2,1-3H3,(H2,11,15,16). The Labute approximate surface area is 102 Å². The molecule has 0 saturated heterocycles. The van der Waals surface area contributed by atoms with Crippen molar-refractivity contribution in [1.82, 2.24) is 15.1 Å². The summed E-state index contributed by atoms with van der Waals surface area (Å²) in [4.78, 5) is 0. The van der Waals surface area contributed by atoms with Crippen LogP contribution in [0.1, 0.15) is 38.8 Å². The van der Waals surface area contributed by atoms with Crippen molar-refractivity contribution in [2.75, 3.05) is 6.54 Å². The number of nitrogens with zero attached hydrogens (tertiary/aromatic N) is 2. The molecule has 0 fully saturated rings. The average Bonchev–Trinajstić information content (AvgIpc) is 2.61. The van der Waals surface area contributed by atoms with Crippen LogP contribution < -0.4 is 10.5 Å². The Balaban J connectivity index is 3.06. The highest BCUT2D eigenvalue weighted by molar-refractivity contribution is 7.89. The van der Waals surface area contributed by atoms with Gasteiger partial charge in [-0.3, -0.25) is 4.68 Å². The zero-order valence-corrected chi connectivity index (χ0v) is 11.3. The van der Waals surface area contributed by atoms with Gasteiger partial charge in [-0.05, 0) is 26.8 Å². The molecule has 6 nitrogen and oxygen atoms in total. The fraction of sp³-hybridized carbons (Fsp3) is 0.700. The fourth-order valence-corrected chi connectivity index (χ4v) is 2.60. The minimum Gasteiger partial charge on any atom is -0.313 e. The number of primary sulfonamides is 1. The SMILES string of the molecule is CCCNCc1cnn(C(C)C)c1S(N)(=O)=O. The molecule has 98 valence electrons. The van der Waals surface area contributed by atoms with Crippen molar-refractivity contribution in [2.24, 2.45) is 5.14 Å². The molecule has 1 heterocycles. The molecule has 0 saturated carbocycles. The molecular formula is C10H20N4O2S. The molecule has 0 aliphatic rings. The van der Waals surface area contributed by atoms with Gasteiger partial charge in [-0.1, -0.05) is 6.92 Å². The first-order chi connectivity index (χ1) is 7.88. The Kier molecular flexibility index (Phi) is 4.67. The van der Waals surface area contributed by atoms with Gasteiger partial charge in [-0.25, -0.2) is 13.6 Å². The van der Waals surface area contributed by atoms with Crippen molar-refractivity contribution in [3.05, 3.63) is 11.8 Å². The predicted molar refractivity (Wildman–Crippen MR) is 66.0 cm³/mol. The van der Waals surface area contributed by atoms with Gasteiger partial charge in [0.05, 0.1) is 6.20 Å². The normalized spacial score (nSPS) is 12.3. The maximum Gasteiger partial charge on any atom is 0.255 e. The highest BCUT2D eigenvalue weighted by Gasteiger charge is 2.22. The summed E-state index contributed by atoms with van der Waals surface area (Å²) in [5, 5.41) is 12.6. The van der Waals surface area contributed by atoms with Crippen LogP contribution in [0, 0.1) is 0 Å². The van der Waals surface area contributed by atoms with E-state index in [0.29, 0.717) is 12.1 Å². The van der Waals surface area contributed by atoms with Crippen molar-refractivity contribution < 1.29 is 8.42 Å². The van der Waals surface area contributed by atoms with Crippen LogP contribution in [0.15, 0.2) is 11.2 Å². The van der Waals surface area contributed by atoms with Crippen molar-refractivity contribution in [2.45, 2.75) is 44.8 Å². The van der Waals surface area contributed by atoms with E-state index >= 15 is 0 Å². The van der Waals surface area contributed by atoms with Crippen LogP contribution in [0.25, 0.3) is 0 Å². The summed E-state index contributed by atoms with van der Waals surface area (Å²) in [6.07, 6.45) is 2.55. The number of aromatic nitrogens is 2. The molecule has 17 heavy (non-hydrogen) atoms. The second kappa shape index (κ2) is 5.61. The summed E-state index contributed by atoms with van der Waals surface area (Å²) in [6, 6.07) is -0.0387. The summed E-state index contributed by atoms with van der Waals surface area (Å²) < 4.78 is 24.6. The first kappa shape index (κ1) is 14.1. The van der Waals surface area contributed by atoms with E-state index in [1.165, 1.54) is 4.68 Å². The number of hydrogen-bond acceptors (Lipinski definition) is 4. The van der Waals surface area contributed by atoms with Gasteiger partial charge >= 0.3 is 0 Å². The lowest BCUT2D eigenvalue weighted by Gasteiger charge is -2.11. The second-order valence-electron chi connectivity index (χ2n) is 4.24. The summed E-state index contributed by atoms with van der Waals surface area (Å²) in [7, 11) is -3.74. The molecule has 0 aliphatic heterocycles. The van der Waals surface area contributed by atoms with E-state index in [0.717, 1.165) is 13.0 Å². The van der Waals surface area contributed by atoms with Crippen LogP contribution in [0.3, 0.4) is 0 Å². The number of hydrogen-bond donors (Lipinski definition) is 2. The highest BCUT2D eigenvalue weighted by Crippen LogP contribution is 2.18. The average molecular weight is 260 g/mol. The van der Waals surface area contributed by atoms with E-state index in [1.54, 1.807) is 6.20 Å². The molecule has 7 heteroatoms. The maximum absolute atomic E-state index is 11.6. The molecule has 0 amide bonds. The summed E-state index contributed by atoms with van der Waals surface area (Å²) in [6.45, 7) is 7.07. The van der Waals surface area contributed by atoms with Crippen LogP contribution in [0.4, 0.5) is 0 Å². The van der Waals surface area contributed by atoms with Gasteiger partial charge in [0.2, 0.25) is 0 Å². The van der Waals surface area contributed by atoms with E-state index in [-0.39, 0.29) is 11.1 Å². The Morgan fingerprint density at radius 2 is 2.18 bits per heavy atom. The second-order valence-corrected chi connectivity index (χ2v) is 5.71. The minimum atomic E-state index is -3.74. The third-order valence-electron chi connectivity index (χ3n) is 2.32. The lowest BCUT2D eigenvalue weighted by molar-refractivity contribution is 0.475. The Bertz CT molecular complexity index is 465. The largest absolute Gasteiger partial charge is 0.313 e. The molecule has 0 bridgehead atoms.